The van der Waals surface area contributed by atoms with Crippen LogP contribution in [-0.4, -0.2) is 11.0 Å². The number of anilines is 1. The Morgan fingerprint density at radius 1 is 1.25 bits per heavy atom. The highest BCUT2D eigenvalue weighted by Crippen LogP contribution is 2.23. The van der Waals surface area contributed by atoms with Gasteiger partial charge in [-0.1, -0.05) is 47.1 Å². The molecule has 0 aromatic heterocycles. The van der Waals surface area contributed by atoms with Gasteiger partial charge in [-0.2, -0.15) is 0 Å². The quantitative estimate of drug-likeness (QED) is 0.350. The lowest BCUT2D eigenvalue weighted by molar-refractivity contribution is 0.318. The van der Waals surface area contributed by atoms with Crippen molar-refractivity contribution in [2.75, 3.05) is 5.32 Å². The summed E-state index contributed by atoms with van der Waals surface area (Å²) in [4.78, 5) is 0. The Morgan fingerprint density at radius 3 is 2.55 bits per heavy atom. The highest BCUT2D eigenvalue weighted by molar-refractivity contribution is 6.33. The average molecular weight is 290 g/mol. The summed E-state index contributed by atoms with van der Waals surface area (Å²) in [5.41, 5.74) is 9.30. The van der Waals surface area contributed by atoms with E-state index in [9.17, 15) is 0 Å². The van der Waals surface area contributed by atoms with Crippen molar-refractivity contribution in [3.8, 4) is 0 Å². The van der Waals surface area contributed by atoms with Crippen molar-refractivity contribution in [1.29, 1.82) is 0 Å². The largest absolute Gasteiger partial charge is 0.409 e. The molecule has 0 amide bonds. The van der Waals surface area contributed by atoms with Gasteiger partial charge < -0.3 is 16.3 Å². The number of aryl methyl sites for hydroxylation is 1. The molecule has 0 aliphatic heterocycles. The molecule has 0 bridgehead atoms. The number of nitrogens with two attached hydrogens (primary N) is 1. The van der Waals surface area contributed by atoms with E-state index in [1.807, 2.05) is 49.4 Å². The highest BCUT2D eigenvalue weighted by atomic mass is 35.5. The molecule has 2 rings (SSSR count). The third-order valence-corrected chi connectivity index (χ3v) is 3.28. The van der Waals surface area contributed by atoms with Crippen LogP contribution in [0.5, 0.6) is 0 Å². The van der Waals surface area contributed by atoms with Crippen LogP contribution in [0.25, 0.3) is 0 Å². The van der Waals surface area contributed by atoms with Gasteiger partial charge in [0.25, 0.3) is 0 Å². The molecule has 0 unspecified atom stereocenters. The lowest BCUT2D eigenvalue weighted by Crippen LogP contribution is -2.13. The molecule has 0 saturated heterocycles. The molecule has 0 radical (unpaired) electrons. The lowest BCUT2D eigenvalue weighted by Gasteiger charge is -2.09. The van der Waals surface area contributed by atoms with Gasteiger partial charge in [0.1, 0.15) is 0 Å². The molecule has 0 spiro atoms. The second-order valence-corrected chi connectivity index (χ2v) is 4.93. The molecule has 5 heteroatoms. The zero-order valence-corrected chi connectivity index (χ0v) is 11.9. The maximum absolute atomic E-state index is 8.60. The standard InChI is InChI=1S/C15H16ClN3O/c1-10-2-7-14(13(16)8-10)18-9-11-3-5-12(6-4-11)15(17)19-20/h2-8,18,20H,9H2,1H3,(H2,17,19). The van der Waals surface area contributed by atoms with Crippen molar-refractivity contribution in [2.45, 2.75) is 13.5 Å². The number of hydrogen-bond donors (Lipinski definition) is 3. The number of oxime groups is 1. The van der Waals surface area contributed by atoms with Gasteiger partial charge in [-0.3, -0.25) is 0 Å². The molecule has 4 N–H and O–H groups in total. The SMILES string of the molecule is Cc1ccc(NCc2ccc(C(N)=NO)cc2)c(Cl)c1. The number of nitrogens with zero attached hydrogens (tertiary/aromatic N) is 1. The van der Waals surface area contributed by atoms with Crippen molar-refractivity contribution in [3.63, 3.8) is 0 Å². The van der Waals surface area contributed by atoms with E-state index in [1.165, 1.54) is 0 Å². The van der Waals surface area contributed by atoms with Crippen LogP contribution in [0.2, 0.25) is 5.02 Å². The van der Waals surface area contributed by atoms with E-state index in [4.69, 9.17) is 22.5 Å². The summed E-state index contributed by atoms with van der Waals surface area (Å²) in [6.45, 7) is 2.65. The van der Waals surface area contributed by atoms with Crippen LogP contribution in [0.4, 0.5) is 5.69 Å². The zero-order chi connectivity index (χ0) is 14.5. The van der Waals surface area contributed by atoms with Gasteiger partial charge in [-0.25, -0.2) is 0 Å². The predicted molar refractivity (Wildman–Crippen MR) is 82.5 cm³/mol. The van der Waals surface area contributed by atoms with Crippen molar-refractivity contribution >= 4 is 23.1 Å². The molecule has 20 heavy (non-hydrogen) atoms. The Kier molecular flexibility index (Phi) is 4.48. The second-order valence-electron chi connectivity index (χ2n) is 4.52. The number of rotatable bonds is 4. The smallest absolute Gasteiger partial charge is 0.170 e. The van der Waals surface area contributed by atoms with Crippen LogP contribution >= 0.6 is 11.6 Å². The maximum Gasteiger partial charge on any atom is 0.170 e. The molecule has 4 nitrogen and oxygen atoms in total. The van der Waals surface area contributed by atoms with Crippen LogP contribution in [-0.2, 0) is 6.54 Å². The summed E-state index contributed by atoms with van der Waals surface area (Å²) < 4.78 is 0. The third kappa shape index (κ3) is 3.42. The number of halogens is 1. The minimum Gasteiger partial charge on any atom is -0.409 e. The first-order chi connectivity index (χ1) is 9.60. The van der Waals surface area contributed by atoms with Crippen molar-refractivity contribution in [3.05, 3.63) is 64.2 Å². The first kappa shape index (κ1) is 14.2. The van der Waals surface area contributed by atoms with Gasteiger partial charge in [0, 0.05) is 12.1 Å². The zero-order valence-electron chi connectivity index (χ0n) is 11.1. The Labute approximate surface area is 122 Å². The summed E-state index contributed by atoms with van der Waals surface area (Å²) in [6, 6.07) is 13.3. The molecule has 0 atom stereocenters. The number of hydrogen-bond acceptors (Lipinski definition) is 3. The topological polar surface area (TPSA) is 70.6 Å². The fourth-order valence-corrected chi connectivity index (χ4v) is 2.11. The van der Waals surface area contributed by atoms with Gasteiger partial charge in [0.2, 0.25) is 0 Å². The van der Waals surface area contributed by atoms with Gasteiger partial charge >= 0.3 is 0 Å². The van der Waals surface area contributed by atoms with Crippen molar-refractivity contribution < 1.29 is 5.21 Å². The fraction of sp³-hybridized carbons (Fsp3) is 0.133. The van der Waals surface area contributed by atoms with Crippen molar-refractivity contribution in [1.82, 2.24) is 0 Å². The molecule has 0 saturated carbocycles. The van der Waals surface area contributed by atoms with E-state index in [-0.39, 0.29) is 5.84 Å². The predicted octanol–water partition coefficient (Wildman–Crippen LogP) is 3.36. The molecule has 0 heterocycles. The summed E-state index contributed by atoms with van der Waals surface area (Å²) in [6.07, 6.45) is 0. The molecular weight excluding hydrogens is 274 g/mol. The average Bonchev–Trinajstić information content (AvgIpc) is 2.46. The Bertz CT molecular complexity index is 624. The third-order valence-electron chi connectivity index (χ3n) is 2.96. The second kappa shape index (κ2) is 6.30. The van der Waals surface area contributed by atoms with Gasteiger partial charge in [0.05, 0.1) is 10.7 Å². The number of amidine groups is 1. The van der Waals surface area contributed by atoms with Crippen LogP contribution < -0.4 is 11.1 Å². The monoisotopic (exact) mass is 289 g/mol. The van der Waals surface area contributed by atoms with E-state index < -0.39 is 0 Å². The van der Waals surface area contributed by atoms with Gasteiger partial charge in [0.15, 0.2) is 5.84 Å². The summed E-state index contributed by atoms with van der Waals surface area (Å²) in [7, 11) is 0. The van der Waals surface area contributed by atoms with E-state index in [2.05, 4.69) is 10.5 Å². The molecule has 2 aromatic rings. The Hall–Kier alpha value is -2.20. The number of benzene rings is 2. The van der Waals surface area contributed by atoms with Crippen LogP contribution in [0.3, 0.4) is 0 Å². The molecule has 2 aromatic carbocycles. The molecule has 0 aliphatic rings. The first-order valence-corrected chi connectivity index (χ1v) is 6.55. The fourth-order valence-electron chi connectivity index (χ4n) is 1.81. The molecule has 0 fully saturated rings. The normalized spacial score (nSPS) is 11.4. The molecular formula is C15H16ClN3O. The highest BCUT2D eigenvalue weighted by Gasteiger charge is 2.02. The minimum absolute atomic E-state index is 0.103. The Balaban J connectivity index is 2.04. The Morgan fingerprint density at radius 2 is 1.95 bits per heavy atom. The summed E-state index contributed by atoms with van der Waals surface area (Å²) in [5, 5.41) is 15.5. The molecule has 0 aliphatic carbocycles. The van der Waals surface area contributed by atoms with Crippen LogP contribution in [0.1, 0.15) is 16.7 Å². The summed E-state index contributed by atoms with van der Waals surface area (Å²) in [5.74, 6) is 0.103. The van der Waals surface area contributed by atoms with Crippen LogP contribution in [0.15, 0.2) is 47.6 Å². The van der Waals surface area contributed by atoms with E-state index in [0.29, 0.717) is 17.1 Å². The minimum atomic E-state index is 0.103. The molecule has 104 valence electrons. The lowest BCUT2D eigenvalue weighted by atomic mass is 10.1. The first-order valence-electron chi connectivity index (χ1n) is 6.17. The number of nitrogens with one attached hydrogen (secondary N) is 1. The van der Waals surface area contributed by atoms with E-state index in [0.717, 1.165) is 16.8 Å². The van der Waals surface area contributed by atoms with Crippen LogP contribution in [0, 0.1) is 6.92 Å². The maximum atomic E-state index is 8.60. The van der Waals surface area contributed by atoms with Gasteiger partial charge in [-0.05, 0) is 30.2 Å². The van der Waals surface area contributed by atoms with Crippen molar-refractivity contribution in [2.24, 2.45) is 10.9 Å². The van der Waals surface area contributed by atoms with E-state index in [1.54, 1.807) is 0 Å². The van der Waals surface area contributed by atoms with E-state index >= 15 is 0 Å². The summed E-state index contributed by atoms with van der Waals surface area (Å²) >= 11 is 6.16. The van der Waals surface area contributed by atoms with Gasteiger partial charge in [-0.15, -0.1) is 0 Å².